The van der Waals surface area contributed by atoms with E-state index in [0.717, 1.165) is 25.2 Å². The van der Waals surface area contributed by atoms with Crippen molar-refractivity contribution in [1.82, 2.24) is 5.32 Å². The van der Waals surface area contributed by atoms with E-state index in [2.05, 4.69) is 15.5 Å². The molecule has 1 aromatic carbocycles. The van der Waals surface area contributed by atoms with Gasteiger partial charge in [0.05, 0.1) is 6.54 Å². The lowest BCUT2D eigenvalue weighted by atomic mass is 10.2. The van der Waals surface area contributed by atoms with Crippen LogP contribution >= 0.6 is 0 Å². The number of nitrogens with one attached hydrogen (secondary N) is 2. The summed E-state index contributed by atoms with van der Waals surface area (Å²) in [4.78, 5) is 25.4. The highest BCUT2D eigenvalue weighted by atomic mass is 16.2. The minimum Gasteiger partial charge on any atom is -0.372 e. The Labute approximate surface area is 125 Å². The van der Waals surface area contributed by atoms with Gasteiger partial charge < -0.3 is 15.5 Å². The molecular formula is C16H23N3O2. The zero-order valence-electron chi connectivity index (χ0n) is 12.5. The van der Waals surface area contributed by atoms with E-state index in [1.807, 2.05) is 31.2 Å². The van der Waals surface area contributed by atoms with Gasteiger partial charge in [-0.05, 0) is 43.5 Å². The standard InChI is InChI=1S/C16H23N3O2/c1-2-5-15(20)17-12-16(21)18-13-6-8-14(9-7-13)19-10-3-4-11-19/h6-9H,2-5,10-12H2,1H3,(H,17,20)(H,18,21). The molecule has 21 heavy (non-hydrogen) atoms. The second-order valence-corrected chi connectivity index (χ2v) is 5.32. The summed E-state index contributed by atoms with van der Waals surface area (Å²) in [5.74, 6) is -0.287. The number of rotatable bonds is 6. The Bertz CT molecular complexity index is 479. The molecule has 1 aliphatic heterocycles. The molecule has 1 aliphatic rings. The van der Waals surface area contributed by atoms with E-state index in [4.69, 9.17) is 0 Å². The number of hydrogen-bond donors (Lipinski definition) is 2. The van der Waals surface area contributed by atoms with Crippen LogP contribution in [-0.2, 0) is 9.59 Å². The molecule has 0 spiro atoms. The zero-order valence-corrected chi connectivity index (χ0v) is 12.5. The van der Waals surface area contributed by atoms with Crippen LogP contribution in [0.15, 0.2) is 24.3 Å². The third kappa shape index (κ3) is 4.77. The Morgan fingerprint density at radius 1 is 1.10 bits per heavy atom. The maximum atomic E-state index is 11.7. The summed E-state index contributed by atoms with van der Waals surface area (Å²) >= 11 is 0. The summed E-state index contributed by atoms with van der Waals surface area (Å²) in [5, 5.41) is 5.39. The fraction of sp³-hybridized carbons (Fsp3) is 0.500. The molecule has 5 heteroatoms. The maximum absolute atomic E-state index is 11.7. The minimum atomic E-state index is -0.201. The molecular weight excluding hydrogens is 266 g/mol. The summed E-state index contributed by atoms with van der Waals surface area (Å²) in [5.41, 5.74) is 1.95. The molecule has 0 aromatic heterocycles. The maximum Gasteiger partial charge on any atom is 0.243 e. The Morgan fingerprint density at radius 3 is 2.38 bits per heavy atom. The largest absolute Gasteiger partial charge is 0.372 e. The van der Waals surface area contributed by atoms with E-state index in [9.17, 15) is 9.59 Å². The van der Waals surface area contributed by atoms with Gasteiger partial charge in [0.2, 0.25) is 11.8 Å². The van der Waals surface area contributed by atoms with Crippen molar-refractivity contribution in [3.63, 3.8) is 0 Å². The lowest BCUT2D eigenvalue weighted by Crippen LogP contribution is -2.32. The first-order chi connectivity index (χ1) is 10.2. The third-order valence-corrected chi connectivity index (χ3v) is 3.55. The van der Waals surface area contributed by atoms with Crippen LogP contribution in [0.1, 0.15) is 32.6 Å². The van der Waals surface area contributed by atoms with Gasteiger partial charge in [-0.3, -0.25) is 9.59 Å². The molecule has 1 heterocycles. The highest BCUT2D eigenvalue weighted by Gasteiger charge is 2.12. The van der Waals surface area contributed by atoms with Crippen LogP contribution in [0.4, 0.5) is 11.4 Å². The number of carbonyl (C=O) groups excluding carboxylic acids is 2. The number of nitrogens with zero attached hydrogens (tertiary/aromatic N) is 1. The van der Waals surface area contributed by atoms with Crippen molar-refractivity contribution in [2.45, 2.75) is 32.6 Å². The second kappa shape index (κ2) is 7.67. The highest BCUT2D eigenvalue weighted by Crippen LogP contribution is 2.21. The van der Waals surface area contributed by atoms with Crippen molar-refractivity contribution in [1.29, 1.82) is 0 Å². The van der Waals surface area contributed by atoms with Crippen LogP contribution in [0.2, 0.25) is 0 Å². The van der Waals surface area contributed by atoms with Gasteiger partial charge in [-0.25, -0.2) is 0 Å². The fourth-order valence-corrected chi connectivity index (χ4v) is 2.43. The molecule has 0 saturated carbocycles. The first-order valence-electron chi connectivity index (χ1n) is 7.60. The summed E-state index contributed by atoms with van der Waals surface area (Å²) in [6, 6.07) is 7.85. The average Bonchev–Trinajstić information content (AvgIpc) is 3.00. The van der Waals surface area contributed by atoms with Gasteiger partial charge in [0, 0.05) is 30.9 Å². The predicted octanol–water partition coefficient (Wildman–Crippen LogP) is 2.14. The van der Waals surface area contributed by atoms with Gasteiger partial charge in [-0.1, -0.05) is 6.92 Å². The quantitative estimate of drug-likeness (QED) is 0.843. The van der Waals surface area contributed by atoms with Gasteiger partial charge >= 0.3 is 0 Å². The lowest BCUT2D eigenvalue weighted by Gasteiger charge is -2.17. The lowest BCUT2D eigenvalue weighted by molar-refractivity contribution is -0.124. The van der Waals surface area contributed by atoms with Crippen molar-refractivity contribution in [3.8, 4) is 0 Å². The van der Waals surface area contributed by atoms with Crippen molar-refractivity contribution < 1.29 is 9.59 Å². The van der Waals surface area contributed by atoms with Gasteiger partial charge in [0.1, 0.15) is 0 Å². The predicted molar refractivity (Wildman–Crippen MR) is 84.4 cm³/mol. The second-order valence-electron chi connectivity index (χ2n) is 5.32. The van der Waals surface area contributed by atoms with E-state index >= 15 is 0 Å². The molecule has 0 radical (unpaired) electrons. The van der Waals surface area contributed by atoms with Crippen LogP contribution in [0, 0.1) is 0 Å². The summed E-state index contributed by atoms with van der Waals surface area (Å²) < 4.78 is 0. The van der Waals surface area contributed by atoms with E-state index in [1.165, 1.54) is 18.5 Å². The Morgan fingerprint density at radius 2 is 1.76 bits per heavy atom. The molecule has 0 bridgehead atoms. The van der Waals surface area contributed by atoms with E-state index in [1.54, 1.807) is 0 Å². The molecule has 2 N–H and O–H groups in total. The third-order valence-electron chi connectivity index (χ3n) is 3.55. The van der Waals surface area contributed by atoms with Gasteiger partial charge in [-0.2, -0.15) is 0 Å². The van der Waals surface area contributed by atoms with E-state index in [-0.39, 0.29) is 18.4 Å². The average molecular weight is 289 g/mol. The van der Waals surface area contributed by atoms with Crippen LogP contribution < -0.4 is 15.5 Å². The number of hydrogen-bond acceptors (Lipinski definition) is 3. The topological polar surface area (TPSA) is 61.4 Å². The summed E-state index contributed by atoms with van der Waals surface area (Å²) in [6.45, 7) is 4.17. The fourth-order valence-electron chi connectivity index (χ4n) is 2.43. The number of benzene rings is 1. The molecule has 1 fully saturated rings. The molecule has 0 aliphatic carbocycles. The summed E-state index contributed by atoms with van der Waals surface area (Å²) in [7, 11) is 0. The van der Waals surface area contributed by atoms with Crippen molar-refractivity contribution in [2.24, 2.45) is 0 Å². The Kier molecular flexibility index (Phi) is 5.60. The van der Waals surface area contributed by atoms with Crippen LogP contribution in [0.5, 0.6) is 0 Å². The molecule has 1 aromatic rings. The molecule has 114 valence electrons. The monoisotopic (exact) mass is 289 g/mol. The molecule has 0 atom stereocenters. The minimum absolute atomic E-state index is 0.0205. The first-order valence-corrected chi connectivity index (χ1v) is 7.60. The van der Waals surface area contributed by atoms with Crippen molar-refractivity contribution in [2.75, 3.05) is 29.9 Å². The van der Waals surface area contributed by atoms with Crippen LogP contribution in [0.3, 0.4) is 0 Å². The van der Waals surface area contributed by atoms with Gasteiger partial charge in [-0.15, -0.1) is 0 Å². The highest BCUT2D eigenvalue weighted by molar-refractivity contribution is 5.94. The van der Waals surface area contributed by atoms with Gasteiger partial charge in [0.15, 0.2) is 0 Å². The Hall–Kier alpha value is -2.04. The smallest absolute Gasteiger partial charge is 0.243 e. The molecule has 5 nitrogen and oxygen atoms in total. The molecule has 2 rings (SSSR count). The first kappa shape index (κ1) is 15.4. The number of carbonyl (C=O) groups is 2. The summed E-state index contributed by atoms with van der Waals surface area (Å²) in [6.07, 6.45) is 3.73. The van der Waals surface area contributed by atoms with Crippen molar-refractivity contribution in [3.05, 3.63) is 24.3 Å². The molecule has 1 saturated heterocycles. The van der Waals surface area contributed by atoms with Crippen molar-refractivity contribution >= 4 is 23.2 Å². The molecule has 2 amide bonds. The van der Waals surface area contributed by atoms with Crippen LogP contribution in [0.25, 0.3) is 0 Å². The zero-order chi connectivity index (χ0) is 15.1. The normalized spacial score (nSPS) is 14.0. The van der Waals surface area contributed by atoms with E-state index in [0.29, 0.717) is 6.42 Å². The molecule has 0 unspecified atom stereocenters. The number of amides is 2. The van der Waals surface area contributed by atoms with E-state index < -0.39 is 0 Å². The Balaban J connectivity index is 1.79. The SMILES string of the molecule is CCCC(=O)NCC(=O)Nc1ccc(N2CCCC2)cc1. The van der Waals surface area contributed by atoms with Gasteiger partial charge in [0.25, 0.3) is 0 Å². The number of anilines is 2. The van der Waals surface area contributed by atoms with Crippen LogP contribution in [-0.4, -0.2) is 31.4 Å².